The quantitative estimate of drug-likeness (QED) is 0.137. The van der Waals surface area contributed by atoms with Gasteiger partial charge >= 0.3 is 0 Å². The molecule has 0 bridgehead atoms. The van der Waals surface area contributed by atoms with Crippen molar-refractivity contribution in [3.8, 4) is 101 Å². The Bertz CT molecular complexity index is 4530. The first-order valence-electron chi connectivity index (χ1n) is 27.3. The van der Waals surface area contributed by atoms with Gasteiger partial charge in [-0.05, 0) is 123 Å². The van der Waals surface area contributed by atoms with Crippen molar-refractivity contribution in [1.29, 1.82) is 0 Å². The molecule has 0 fully saturated rings. The molecule has 0 radical (unpaired) electrons. The first-order chi connectivity index (χ1) is 39.7. The molecular formula is C76H50N4. The van der Waals surface area contributed by atoms with E-state index in [4.69, 9.17) is 9.97 Å². The van der Waals surface area contributed by atoms with Crippen LogP contribution in [0, 0.1) is 0 Å². The Morgan fingerprint density at radius 2 is 0.500 bits per heavy atom. The summed E-state index contributed by atoms with van der Waals surface area (Å²) in [7, 11) is 0. The van der Waals surface area contributed by atoms with Gasteiger partial charge in [0.15, 0.2) is 5.82 Å². The number of aromatic nitrogens is 4. The maximum absolute atomic E-state index is 5.40. The lowest BCUT2D eigenvalue weighted by molar-refractivity contribution is 1.15. The molecule has 12 aromatic carbocycles. The summed E-state index contributed by atoms with van der Waals surface area (Å²) in [4.78, 5) is 10.8. The number of hydrogen-bond donors (Lipinski definition) is 0. The minimum Gasteiger partial charge on any atom is -0.309 e. The lowest BCUT2D eigenvalue weighted by atomic mass is 9.97. The van der Waals surface area contributed by atoms with Gasteiger partial charge in [0.2, 0.25) is 0 Å². The smallest absolute Gasteiger partial charge is 0.160 e. The highest BCUT2D eigenvalue weighted by molar-refractivity contribution is 6.14. The molecule has 15 rings (SSSR count). The summed E-state index contributed by atoms with van der Waals surface area (Å²) >= 11 is 0. The van der Waals surface area contributed by atoms with Crippen LogP contribution >= 0.6 is 0 Å². The number of rotatable bonds is 10. The van der Waals surface area contributed by atoms with E-state index in [2.05, 4.69) is 300 Å². The Balaban J connectivity index is 1.02. The maximum atomic E-state index is 5.40. The fraction of sp³-hybridized carbons (Fsp3) is 0. The van der Waals surface area contributed by atoms with E-state index in [1.165, 1.54) is 66.1 Å². The van der Waals surface area contributed by atoms with Gasteiger partial charge in [0.25, 0.3) is 0 Å². The molecule has 0 amide bonds. The van der Waals surface area contributed by atoms with Crippen LogP contribution in [-0.4, -0.2) is 19.1 Å². The standard InChI is InChI=1S/C76H50N4/c1-7-21-51(22-8-1)57-35-40-72-64(45-57)65-46-58(52-23-9-2-10-24-52)36-41-73(65)79(72)70-34-20-19-33-62(70)63-49-61(76-77-68(55-29-15-5-16-30-55)50-69(78-76)56-31-17-6-18-32-56)39-44-71(63)80-74-42-37-59(53-25-11-3-12-26-53)47-66(74)67-48-60(38-43-75(67)80)54-27-13-4-14-28-54/h1-50H. The van der Waals surface area contributed by atoms with Crippen LogP contribution in [0.2, 0.25) is 0 Å². The van der Waals surface area contributed by atoms with Crippen molar-refractivity contribution < 1.29 is 0 Å². The normalized spacial score (nSPS) is 11.5. The summed E-state index contributed by atoms with van der Waals surface area (Å²) in [6.45, 7) is 0. The molecular weight excluding hydrogens is 969 g/mol. The molecule has 4 nitrogen and oxygen atoms in total. The number of fused-ring (bicyclic) bond motifs is 6. The van der Waals surface area contributed by atoms with E-state index in [0.717, 1.165) is 72.6 Å². The van der Waals surface area contributed by atoms with E-state index >= 15 is 0 Å². The van der Waals surface area contributed by atoms with Crippen LogP contribution in [0.15, 0.2) is 303 Å². The van der Waals surface area contributed by atoms with Gasteiger partial charge in [0, 0.05) is 49.4 Å². The van der Waals surface area contributed by atoms with Gasteiger partial charge in [-0.2, -0.15) is 0 Å². The largest absolute Gasteiger partial charge is 0.309 e. The number of hydrogen-bond acceptors (Lipinski definition) is 2. The van der Waals surface area contributed by atoms with Crippen LogP contribution < -0.4 is 0 Å². The first kappa shape index (κ1) is 46.6. The molecule has 0 unspecified atom stereocenters. The molecule has 0 saturated heterocycles. The maximum Gasteiger partial charge on any atom is 0.160 e. The molecule has 0 spiro atoms. The highest BCUT2D eigenvalue weighted by Crippen LogP contribution is 2.45. The van der Waals surface area contributed by atoms with Gasteiger partial charge in [-0.25, -0.2) is 9.97 Å². The van der Waals surface area contributed by atoms with Gasteiger partial charge in [-0.1, -0.05) is 224 Å². The summed E-state index contributed by atoms with van der Waals surface area (Å²) in [6.07, 6.45) is 0. The fourth-order valence-corrected chi connectivity index (χ4v) is 11.9. The van der Waals surface area contributed by atoms with Crippen LogP contribution in [0.5, 0.6) is 0 Å². The molecule has 4 heteroatoms. The molecule has 3 heterocycles. The zero-order valence-electron chi connectivity index (χ0n) is 43.7. The van der Waals surface area contributed by atoms with Crippen molar-refractivity contribution in [3.63, 3.8) is 0 Å². The molecule has 0 atom stereocenters. The molecule has 80 heavy (non-hydrogen) atoms. The van der Waals surface area contributed by atoms with E-state index < -0.39 is 0 Å². The van der Waals surface area contributed by atoms with E-state index in [-0.39, 0.29) is 0 Å². The molecule has 0 N–H and O–H groups in total. The van der Waals surface area contributed by atoms with Crippen molar-refractivity contribution in [3.05, 3.63) is 303 Å². The minimum absolute atomic E-state index is 0.650. The van der Waals surface area contributed by atoms with Crippen molar-refractivity contribution in [1.82, 2.24) is 19.1 Å². The van der Waals surface area contributed by atoms with Crippen LogP contribution in [0.4, 0.5) is 0 Å². The third kappa shape index (κ3) is 8.26. The van der Waals surface area contributed by atoms with Gasteiger partial charge in [-0.15, -0.1) is 0 Å². The minimum atomic E-state index is 0.650. The summed E-state index contributed by atoms with van der Waals surface area (Å²) in [5, 5.41) is 4.74. The molecule has 3 aromatic heterocycles. The van der Waals surface area contributed by atoms with E-state index in [9.17, 15) is 0 Å². The topological polar surface area (TPSA) is 35.6 Å². The summed E-state index contributed by atoms with van der Waals surface area (Å²) in [5.74, 6) is 0.650. The van der Waals surface area contributed by atoms with Crippen molar-refractivity contribution in [2.45, 2.75) is 0 Å². The zero-order valence-corrected chi connectivity index (χ0v) is 43.7. The molecule has 0 aliphatic heterocycles. The number of nitrogens with zero attached hydrogens (tertiary/aromatic N) is 4. The van der Waals surface area contributed by atoms with E-state index in [1.54, 1.807) is 0 Å². The van der Waals surface area contributed by atoms with Crippen molar-refractivity contribution in [2.75, 3.05) is 0 Å². The lowest BCUT2D eigenvalue weighted by Crippen LogP contribution is -2.03. The zero-order chi connectivity index (χ0) is 52.9. The Hall–Kier alpha value is -10.7. The van der Waals surface area contributed by atoms with Gasteiger partial charge in [-0.3, -0.25) is 0 Å². The first-order valence-corrected chi connectivity index (χ1v) is 27.3. The Labute approximate surface area is 464 Å². The third-order valence-electron chi connectivity index (χ3n) is 15.8. The highest BCUT2D eigenvalue weighted by Gasteiger charge is 2.23. The van der Waals surface area contributed by atoms with Crippen LogP contribution in [-0.2, 0) is 0 Å². The Morgan fingerprint density at radius 1 is 0.200 bits per heavy atom. The van der Waals surface area contributed by atoms with Crippen molar-refractivity contribution in [2.24, 2.45) is 0 Å². The molecule has 0 saturated carbocycles. The van der Waals surface area contributed by atoms with E-state index in [1.807, 2.05) is 12.1 Å². The van der Waals surface area contributed by atoms with Gasteiger partial charge in [0.1, 0.15) is 0 Å². The van der Waals surface area contributed by atoms with Crippen LogP contribution in [0.25, 0.3) is 145 Å². The Kier molecular flexibility index (Phi) is 11.5. The predicted octanol–water partition coefficient (Wildman–Crippen LogP) is 20.0. The summed E-state index contributed by atoms with van der Waals surface area (Å²) < 4.78 is 4.95. The monoisotopic (exact) mass is 1020 g/mol. The SMILES string of the molecule is c1ccc(-c2ccc3c(c2)c2cc(-c4ccccc4)ccc2n3-c2ccccc2-c2cc(-c3nc(-c4ccccc4)cc(-c4ccccc4)n3)ccc2-n2c3ccc(-c4ccccc4)cc3c3cc(-c4ccccc4)ccc32)cc1. The summed E-state index contributed by atoms with van der Waals surface area (Å²) in [6, 6.07) is 109. The Morgan fingerprint density at radius 3 is 0.863 bits per heavy atom. The lowest BCUT2D eigenvalue weighted by Gasteiger charge is -2.20. The molecule has 374 valence electrons. The third-order valence-corrected chi connectivity index (χ3v) is 15.8. The second kappa shape index (κ2) is 19.7. The average molecular weight is 1020 g/mol. The predicted molar refractivity (Wildman–Crippen MR) is 334 cm³/mol. The number of para-hydroxylation sites is 1. The van der Waals surface area contributed by atoms with Gasteiger partial charge in [0.05, 0.1) is 44.8 Å². The molecule has 0 aliphatic carbocycles. The highest BCUT2D eigenvalue weighted by atomic mass is 15.0. The van der Waals surface area contributed by atoms with Crippen molar-refractivity contribution >= 4 is 43.6 Å². The second-order valence-corrected chi connectivity index (χ2v) is 20.5. The van der Waals surface area contributed by atoms with Crippen LogP contribution in [0.1, 0.15) is 0 Å². The van der Waals surface area contributed by atoms with Gasteiger partial charge < -0.3 is 9.13 Å². The van der Waals surface area contributed by atoms with E-state index in [0.29, 0.717) is 5.82 Å². The van der Waals surface area contributed by atoms with Crippen LogP contribution in [0.3, 0.4) is 0 Å². The number of benzene rings is 12. The summed E-state index contributed by atoms with van der Waals surface area (Å²) in [5.41, 5.74) is 22.8. The molecule has 0 aliphatic rings. The second-order valence-electron chi connectivity index (χ2n) is 20.5. The average Bonchev–Trinajstić information content (AvgIpc) is 4.23. The molecule has 15 aromatic rings. The fourth-order valence-electron chi connectivity index (χ4n) is 11.9.